The first kappa shape index (κ1) is 18.4. The van der Waals surface area contributed by atoms with Gasteiger partial charge in [-0.25, -0.2) is 9.99 Å². The van der Waals surface area contributed by atoms with Crippen molar-refractivity contribution in [3.05, 3.63) is 42.4 Å². The number of benzene rings is 1. The largest absolute Gasteiger partial charge is 0.372 e. The van der Waals surface area contributed by atoms with E-state index >= 15 is 0 Å². The van der Waals surface area contributed by atoms with Gasteiger partial charge in [0.05, 0.1) is 12.5 Å². The zero-order valence-corrected chi connectivity index (χ0v) is 15.4. The van der Waals surface area contributed by atoms with Crippen molar-refractivity contribution in [3.63, 3.8) is 0 Å². The Hall–Kier alpha value is -2.38. The van der Waals surface area contributed by atoms with Gasteiger partial charge in [0.1, 0.15) is 0 Å². The van der Waals surface area contributed by atoms with Crippen LogP contribution < -0.4 is 15.7 Å². The number of nitrogens with one attached hydrogen (secondary N) is 2. The van der Waals surface area contributed by atoms with Crippen LogP contribution in [0.2, 0.25) is 0 Å². The molecule has 140 valence electrons. The fourth-order valence-electron chi connectivity index (χ4n) is 2.98. The number of anilines is 1. The number of hydrogen-bond acceptors (Lipinski definition) is 5. The molecule has 2 aromatic rings. The monoisotopic (exact) mass is 357 g/mol. The summed E-state index contributed by atoms with van der Waals surface area (Å²) in [6, 6.07) is 8.05. The average Bonchev–Trinajstić information content (AvgIpc) is 3.15. The molecule has 0 unspecified atom stereocenters. The summed E-state index contributed by atoms with van der Waals surface area (Å²) in [5, 5.41) is 5.00. The van der Waals surface area contributed by atoms with Gasteiger partial charge in [0.25, 0.3) is 5.88 Å². The van der Waals surface area contributed by atoms with Crippen LogP contribution in [0.15, 0.2) is 36.8 Å². The molecule has 0 bridgehead atoms. The van der Waals surface area contributed by atoms with Gasteiger partial charge in [-0.1, -0.05) is 24.6 Å². The summed E-state index contributed by atoms with van der Waals surface area (Å²) < 4.78 is 1.95. The number of carbonyl (C=O) groups excluding carboxylic acids is 1. The number of nitrogens with zero attached hydrogens (tertiary/aromatic N) is 3. The number of carbonyl (C=O) groups is 1. The predicted octanol–water partition coefficient (Wildman–Crippen LogP) is 2.61. The Kier molecular flexibility index (Phi) is 6.25. The molecule has 0 aliphatic carbocycles. The maximum absolute atomic E-state index is 12.4. The number of aryl methyl sites for hydroxylation is 2. The molecule has 2 N–H and O–H groups in total. The van der Waals surface area contributed by atoms with E-state index in [0.29, 0.717) is 5.88 Å². The highest BCUT2D eigenvalue weighted by Crippen LogP contribution is 2.19. The van der Waals surface area contributed by atoms with Crippen LogP contribution in [0.25, 0.3) is 0 Å². The summed E-state index contributed by atoms with van der Waals surface area (Å²) in [4.78, 5) is 22.1. The SMILES string of the molecule is CCc1ccc(NC(=O)C2CCN(NOc3cn(CC)cn3)CC2)cc1. The van der Waals surface area contributed by atoms with Crippen molar-refractivity contribution in [3.8, 4) is 5.88 Å². The van der Waals surface area contributed by atoms with Crippen molar-refractivity contribution in [2.24, 2.45) is 5.92 Å². The van der Waals surface area contributed by atoms with Gasteiger partial charge in [0, 0.05) is 31.2 Å². The topological polar surface area (TPSA) is 71.4 Å². The standard InChI is InChI=1S/C19H27N5O2/c1-3-15-5-7-17(8-6-15)21-19(25)16-9-11-24(12-10-16)22-26-18-13-23(4-2)14-20-18/h5-8,13-14,16,22H,3-4,9-12H2,1-2H3,(H,21,25). The van der Waals surface area contributed by atoms with Gasteiger partial charge in [-0.2, -0.15) is 0 Å². The molecule has 1 saturated heterocycles. The number of hydrogen-bond donors (Lipinski definition) is 2. The van der Waals surface area contributed by atoms with Crippen molar-refractivity contribution < 1.29 is 9.63 Å². The zero-order chi connectivity index (χ0) is 18.4. The zero-order valence-electron chi connectivity index (χ0n) is 15.4. The molecule has 7 heteroatoms. The van der Waals surface area contributed by atoms with E-state index in [0.717, 1.165) is 44.6 Å². The molecule has 7 nitrogen and oxygen atoms in total. The fourth-order valence-corrected chi connectivity index (χ4v) is 2.98. The van der Waals surface area contributed by atoms with E-state index in [1.807, 2.05) is 34.8 Å². The molecule has 1 aromatic heterocycles. The minimum absolute atomic E-state index is 0.0261. The Morgan fingerprint density at radius 2 is 1.96 bits per heavy atom. The molecule has 1 aromatic carbocycles. The number of imidazole rings is 1. The van der Waals surface area contributed by atoms with E-state index in [2.05, 4.69) is 34.9 Å². The number of rotatable bonds is 7. The Labute approximate surface area is 154 Å². The van der Waals surface area contributed by atoms with Crippen LogP contribution in [0.4, 0.5) is 5.69 Å². The van der Waals surface area contributed by atoms with Gasteiger partial charge in [0.15, 0.2) is 0 Å². The van der Waals surface area contributed by atoms with Crippen molar-refractivity contribution in [2.45, 2.75) is 39.7 Å². The Morgan fingerprint density at radius 1 is 1.23 bits per heavy atom. The van der Waals surface area contributed by atoms with Crippen LogP contribution in [0.5, 0.6) is 5.88 Å². The van der Waals surface area contributed by atoms with Gasteiger partial charge in [-0.15, -0.1) is 0 Å². The van der Waals surface area contributed by atoms with E-state index in [1.54, 1.807) is 6.33 Å². The normalized spacial score (nSPS) is 15.8. The third-order valence-corrected chi connectivity index (χ3v) is 4.75. The number of aromatic nitrogens is 2. The van der Waals surface area contributed by atoms with E-state index in [9.17, 15) is 4.79 Å². The summed E-state index contributed by atoms with van der Waals surface area (Å²) >= 11 is 0. The second-order valence-corrected chi connectivity index (χ2v) is 6.54. The lowest BCUT2D eigenvalue weighted by molar-refractivity contribution is -0.122. The molecule has 1 aliphatic rings. The second kappa shape index (κ2) is 8.82. The minimum Gasteiger partial charge on any atom is -0.372 e. The van der Waals surface area contributed by atoms with Gasteiger partial charge in [0.2, 0.25) is 5.91 Å². The van der Waals surface area contributed by atoms with Crippen LogP contribution in [0, 0.1) is 5.92 Å². The van der Waals surface area contributed by atoms with Crippen molar-refractivity contribution in [1.82, 2.24) is 20.1 Å². The molecule has 2 heterocycles. The first-order valence-electron chi connectivity index (χ1n) is 9.27. The Morgan fingerprint density at radius 3 is 2.58 bits per heavy atom. The van der Waals surface area contributed by atoms with Crippen LogP contribution in [0.1, 0.15) is 32.3 Å². The minimum atomic E-state index is 0.0261. The third kappa shape index (κ3) is 4.83. The molecule has 0 spiro atoms. The van der Waals surface area contributed by atoms with Crippen LogP contribution in [-0.2, 0) is 17.8 Å². The van der Waals surface area contributed by atoms with E-state index in [4.69, 9.17) is 4.84 Å². The van der Waals surface area contributed by atoms with Crippen LogP contribution in [0.3, 0.4) is 0 Å². The third-order valence-electron chi connectivity index (χ3n) is 4.75. The lowest BCUT2D eigenvalue weighted by atomic mass is 9.96. The molecule has 1 aliphatic heterocycles. The second-order valence-electron chi connectivity index (χ2n) is 6.54. The van der Waals surface area contributed by atoms with Crippen molar-refractivity contribution >= 4 is 11.6 Å². The van der Waals surface area contributed by atoms with Crippen molar-refractivity contribution in [1.29, 1.82) is 0 Å². The van der Waals surface area contributed by atoms with Gasteiger partial charge in [-0.3, -0.25) is 4.79 Å². The lowest BCUT2D eigenvalue weighted by Gasteiger charge is -2.30. The molecule has 26 heavy (non-hydrogen) atoms. The molecular formula is C19H27N5O2. The maximum Gasteiger partial charge on any atom is 0.257 e. The highest BCUT2D eigenvalue weighted by atomic mass is 16.7. The van der Waals surface area contributed by atoms with Crippen LogP contribution >= 0.6 is 0 Å². The molecule has 1 amide bonds. The number of hydrazine groups is 1. The average molecular weight is 357 g/mol. The first-order valence-corrected chi connectivity index (χ1v) is 9.27. The summed E-state index contributed by atoms with van der Waals surface area (Å²) in [5.41, 5.74) is 5.06. The fraction of sp³-hybridized carbons (Fsp3) is 0.474. The Bertz CT molecular complexity index is 705. The first-order chi connectivity index (χ1) is 12.7. The molecule has 3 rings (SSSR count). The summed E-state index contributed by atoms with van der Waals surface area (Å²) in [7, 11) is 0. The molecule has 0 atom stereocenters. The van der Waals surface area contributed by atoms with E-state index in [1.165, 1.54) is 5.56 Å². The maximum atomic E-state index is 12.4. The quantitative estimate of drug-likeness (QED) is 0.746. The smallest absolute Gasteiger partial charge is 0.257 e. The molecular weight excluding hydrogens is 330 g/mol. The highest BCUT2D eigenvalue weighted by molar-refractivity contribution is 5.92. The Balaban J connectivity index is 1.41. The lowest BCUT2D eigenvalue weighted by Crippen LogP contribution is -2.47. The molecule has 0 saturated carbocycles. The van der Waals surface area contributed by atoms with E-state index in [-0.39, 0.29) is 11.8 Å². The van der Waals surface area contributed by atoms with E-state index < -0.39 is 0 Å². The number of amides is 1. The molecule has 1 fully saturated rings. The van der Waals surface area contributed by atoms with Gasteiger partial charge in [-0.05, 0) is 43.9 Å². The number of piperidine rings is 1. The molecule has 0 radical (unpaired) electrons. The summed E-state index contributed by atoms with van der Waals surface area (Å²) in [6.45, 7) is 6.53. The van der Waals surface area contributed by atoms with Crippen molar-refractivity contribution in [2.75, 3.05) is 18.4 Å². The van der Waals surface area contributed by atoms with Crippen LogP contribution in [-0.4, -0.2) is 33.6 Å². The summed E-state index contributed by atoms with van der Waals surface area (Å²) in [6.07, 6.45) is 6.16. The summed E-state index contributed by atoms with van der Waals surface area (Å²) in [5.74, 6) is 0.664. The van der Waals surface area contributed by atoms with Gasteiger partial charge >= 0.3 is 0 Å². The highest BCUT2D eigenvalue weighted by Gasteiger charge is 2.25. The predicted molar refractivity (Wildman–Crippen MR) is 100 cm³/mol. The van der Waals surface area contributed by atoms with Gasteiger partial charge < -0.3 is 14.7 Å².